The van der Waals surface area contributed by atoms with Crippen molar-refractivity contribution in [2.45, 2.75) is 19.6 Å². The van der Waals surface area contributed by atoms with Gasteiger partial charge in [0, 0.05) is 0 Å². The maximum atomic E-state index is 12.1. The summed E-state index contributed by atoms with van der Waals surface area (Å²) in [6, 6.07) is 13.6. The van der Waals surface area contributed by atoms with Gasteiger partial charge in [0.05, 0.1) is 43.2 Å². The van der Waals surface area contributed by atoms with Gasteiger partial charge in [0.2, 0.25) is 0 Å². The van der Waals surface area contributed by atoms with E-state index in [2.05, 4.69) is 20.5 Å². The normalized spacial score (nSPS) is 12.9. The van der Waals surface area contributed by atoms with E-state index in [0.29, 0.717) is 47.5 Å². The molecular weight excluding hydrogens is 853 g/mol. The molecule has 0 radical (unpaired) electrons. The fourth-order valence-corrected chi connectivity index (χ4v) is 7.96. The minimum absolute atomic E-state index is 0.0197. The quantitative estimate of drug-likeness (QED) is 0.105. The zero-order chi connectivity index (χ0) is 42.7. The molecule has 25 heteroatoms. The van der Waals surface area contributed by atoms with Gasteiger partial charge in [-0.25, -0.2) is 33.7 Å². The molecule has 0 saturated heterocycles. The first-order valence-corrected chi connectivity index (χ1v) is 21.0. The fraction of sp³-hybridized carbons (Fsp3) is 0.0303. The number of ether oxygens (including phenoxy) is 1. The van der Waals surface area contributed by atoms with Crippen LogP contribution in [0.15, 0.2) is 119 Å². The van der Waals surface area contributed by atoms with E-state index >= 15 is 0 Å². The smallest absolute Gasteiger partial charge is 0.155 e. The van der Waals surface area contributed by atoms with E-state index in [1.807, 2.05) is 0 Å². The third-order valence-electron chi connectivity index (χ3n) is 8.22. The van der Waals surface area contributed by atoms with Gasteiger partial charge >= 0.3 is 0 Å². The van der Waals surface area contributed by atoms with Crippen LogP contribution in [-0.4, -0.2) is 79.4 Å². The topological polar surface area (TPSA) is 368 Å². The first kappa shape index (κ1) is 41.3. The number of methoxy groups -OCH3 is 1. The van der Waals surface area contributed by atoms with Gasteiger partial charge in [-0.05, 0) is 82.6 Å². The Labute approximate surface area is 326 Å². The zero-order valence-electron chi connectivity index (χ0n) is 28.5. The second-order valence-electron chi connectivity index (χ2n) is 11.9. The van der Waals surface area contributed by atoms with E-state index in [-0.39, 0.29) is 17.1 Å². The summed E-state index contributed by atoms with van der Waals surface area (Å²) < 4.78 is 147. The molecule has 0 heterocycles. The monoisotopic (exact) mass is 872 g/mol. The first-order valence-electron chi connectivity index (χ1n) is 15.4. The van der Waals surface area contributed by atoms with E-state index in [4.69, 9.17) is 4.74 Å². The summed E-state index contributed by atoms with van der Waals surface area (Å²) in [4.78, 5) is -4.25. The van der Waals surface area contributed by atoms with Crippen molar-refractivity contribution < 1.29 is 77.0 Å². The van der Waals surface area contributed by atoms with Crippen LogP contribution in [0.4, 0.5) is 22.7 Å². The number of rotatable bonds is 10. The van der Waals surface area contributed by atoms with Crippen molar-refractivity contribution in [3.05, 3.63) is 78.9 Å². The Morgan fingerprint density at radius 2 is 0.931 bits per heavy atom. The largest absolute Gasteiger partial charge is 0.744 e. The third kappa shape index (κ3) is 8.08. The lowest BCUT2D eigenvalue weighted by Gasteiger charge is -2.16. The molecule has 6 rings (SSSR count). The Bertz CT molecular complexity index is 3250. The molecule has 0 fully saturated rings. The standard InChI is InChI=1S/C33H24N4O17S4/c1-54-25-10-16(4-7-22(25)35-37-31-27(58(51,52)53)12-18-9-21(56(45,46)47)14-24(39)29(18)33(31)41)15-2-5-19(6-3-15)34-36-30-26(57(48,49)50)11-17-8-20(55(42,43)44)13-23(38)28(17)32(30)40/h2-14,38-41H,1H3,(H,42,43,44)(H,45,46,47)(H,48,49,50)(H,51,52,53)/p-4. The van der Waals surface area contributed by atoms with Gasteiger partial charge < -0.3 is 43.4 Å². The molecule has 302 valence electrons. The van der Waals surface area contributed by atoms with Gasteiger partial charge in [-0.15, -0.1) is 15.3 Å². The number of hydrogen-bond donors (Lipinski definition) is 4. The number of phenolic OH excluding ortho intramolecular Hbond substituents is 4. The Balaban J connectivity index is 1.33. The van der Waals surface area contributed by atoms with Crippen LogP contribution in [0.2, 0.25) is 0 Å². The predicted octanol–water partition coefficient (Wildman–Crippen LogP) is 4.94. The average molecular weight is 873 g/mol. The number of aromatic hydroxyl groups is 4. The lowest BCUT2D eigenvalue weighted by atomic mass is 10.0. The fourth-order valence-electron chi connectivity index (χ4n) is 5.61. The summed E-state index contributed by atoms with van der Waals surface area (Å²) in [5, 5.41) is 55.5. The summed E-state index contributed by atoms with van der Waals surface area (Å²) in [5.41, 5.74) is -0.892. The van der Waals surface area contributed by atoms with Crippen LogP contribution in [0.5, 0.6) is 28.7 Å². The second kappa shape index (κ2) is 14.6. The number of nitrogens with zero attached hydrogens (tertiary/aromatic N) is 4. The van der Waals surface area contributed by atoms with E-state index in [9.17, 15) is 72.3 Å². The van der Waals surface area contributed by atoms with Crippen LogP contribution in [0.25, 0.3) is 32.7 Å². The van der Waals surface area contributed by atoms with Crippen LogP contribution >= 0.6 is 0 Å². The van der Waals surface area contributed by atoms with Gasteiger partial charge in [0.1, 0.15) is 74.8 Å². The molecule has 0 spiro atoms. The minimum Gasteiger partial charge on any atom is -0.744 e. The molecule has 0 aromatic heterocycles. The lowest BCUT2D eigenvalue weighted by Crippen LogP contribution is -2.01. The minimum atomic E-state index is -5.43. The van der Waals surface area contributed by atoms with Gasteiger partial charge in [-0.1, -0.05) is 18.2 Å². The molecule has 0 aliphatic heterocycles. The van der Waals surface area contributed by atoms with Crippen molar-refractivity contribution in [2.24, 2.45) is 20.5 Å². The van der Waals surface area contributed by atoms with Crippen LogP contribution in [0, 0.1) is 0 Å². The third-order valence-corrected chi connectivity index (χ3v) is 11.6. The summed E-state index contributed by atoms with van der Waals surface area (Å²) in [7, 11) is -19.9. The molecule has 6 aromatic carbocycles. The highest BCUT2D eigenvalue weighted by molar-refractivity contribution is 7.86. The van der Waals surface area contributed by atoms with Crippen LogP contribution in [0.3, 0.4) is 0 Å². The molecular formula is C33H20N4O17S4-4. The van der Waals surface area contributed by atoms with Crippen molar-refractivity contribution in [1.29, 1.82) is 0 Å². The summed E-state index contributed by atoms with van der Waals surface area (Å²) in [6.45, 7) is 0. The molecule has 4 N–H and O–H groups in total. The first-order chi connectivity index (χ1) is 26.9. The van der Waals surface area contributed by atoms with Crippen LogP contribution < -0.4 is 4.74 Å². The van der Waals surface area contributed by atoms with Crippen molar-refractivity contribution in [1.82, 2.24) is 0 Å². The maximum Gasteiger partial charge on any atom is 0.155 e. The molecule has 0 atom stereocenters. The van der Waals surface area contributed by atoms with E-state index in [1.54, 1.807) is 0 Å². The van der Waals surface area contributed by atoms with Crippen LogP contribution in [0.1, 0.15) is 0 Å². The number of fused-ring (bicyclic) bond motifs is 2. The number of benzene rings is 6. The molecule has 0 amide bonds. The van der Waals surface area contributed by atoms with Gasteiger partial charge in [0.15, 0.2) is 11.5 Å². The molecule has 0 saturated carbocycles. The maximum absolute atomic E-state index is 12.1. The Kier molecular flexibility index (Phi) is 10.4. The summed E-state index contributed by atoms with van der Waals surface area (Å²) >= 11 is 0. The Hall–Kier alpha value is -6.32. The average Bonchev–Trinajstić information content (AvgIpc) is 3.12. The number of hydrogen-bond acceptors (Lipinski definition) is 21. The van der Waals surface area contributed by atoms with Gasteiger partial charge in [0.25, 0.3) is 0 Å². The number of phenols is 4. The Morgan fingerprint density at radius 1 is 0.500 bits per heavy atom. The molecule has 58 heavy (non-hydrogen) atoms. The highest BCUT2D eigenvalue weighted by Gasteiger charge is 2.23. The molecule has 6 aromatic rings. The highest BCUT2D eigenvalue weighted by atomic mass is 32.2. The van der Waals surface area contributed by atoms with Crippen molar-refractivity contribution in [2.75, 3.05) is 7.11 Å². The van der Waals surface area contributed by atoms with Gasteiger partial charge in [-0.3, -0.25) is 0 Å². The molecule has 21 nitrogen and oxygen atoms in total. The zero-order valence-corrected chi connectivity index (χ0v) is 31.8. The molecule has 0 aliphatic carbocycles. The number of azo groups is 2. The second-order valence-corrected chi connectivity index (χ2v) is 17.3. The predicted molar refractivity (Wildman–Crippen MR) is 193 cm³/mol. The van der Waals surface area contributed by atoms with Gasteiger partial charge in [-0.2, -0.15) is 5.11 Å². The Morgan fingerprint density at radius 3 is 1.34 bits per heavy atom. The van der Waals surface area contributed by atoms with E-state index < -0.39 is 116 Å². The summed E-state index contributed by atoms with van der Waals surface area (Å²) in [5.74, 6) is -4.01. The van der Waals surface area contributed by atoms with Crippen LogP contribution in [-0.2, 0) is 40.5 Å². The summed E-state index contributed by atoms with van der Waals surface area (Å²) in [6.07, 6.45) is 0. The van der Waals surface area contributed by atoms with E-state index in [1.165, 1.54) is 49.6 Å². The van der Waals surface area contributed by atoms with Crippen molar-refractivity contribution in [3.63, 3.8) is 0 Å². The van der Waals surface area contributed by atoms with E-state index in [0.717, 1.165) is 0 Å². The molecule has 0 aliphatic rings. The SMILES string of the molecule is COc1cc(-c2ccc(N=Nc3c(S(=O)(=O)[O-])cc4cc(S(=O)(=O)[O-])cc(O)c4c3O)cc2)ccc1N=Nc1c(S(=O)(=O)[O-])cc2cc(S(=O)(=O)[O-])cc(O)c2c1O. The highest BCUT2D eigenvalue weighted by Crippen LogP contribution is 2.47. The lowest BCUT2D eigenvalue weighted by molar-refractivity contribution is 0.416. The van der Waals surface area contributed by atoms with Crippen molar-refractivity contribution >= 4 is 84.8 Å². The van der Waals surface area contributed by atoms with Crippen molar-refractivity contribution in [3.8, 4) is 39.9 Å². The molecule has 0 bridgehead atoms. The molecule has 0 unspecified atom stereocenters.